The van der Waals surface area contributed by atoms with E-state index in [-0.39, 0.29) is 10.2 Å². The molecular weight excluding hydrogens is 338 g/mol. The van der Waals surface area contributed by atoms with Crippen molar-refractivity contribution in [1.29, 1.82) is 0 Å². The first-order chi connectivity index (χ1) is 7.20. The van der Waals surface area contributed by atoms with Crippen molar-refractivity contribution in [3.05, 3.63) is 21.4 Å². The van der Waals surface area contributed by atoms with Crippen molar-refractivity contribution in [2.45, 2.75) is 6.36 Å². The molecule has 0 spiro atoms. The number of hydrogen-bond acceptors (Lipinski definition) is 3. The third kappa shape index (κ3) is 3.50. The molecule has 0 aliphatic heterocycles. The average molecular weight is 339 g/mol. The molecule has 0 bridgehead atoms. The maximum Gasteiger partial charge on any atom is 0.573 e. The Bertz CT molecular complexity index is 415. The summed E-state index contributed by atoms with van der Waals surface area (Å²) in [5.74, 6) is -0.726. The largest absolute Gasteiger partial charge is 0.573 e. The molecule has 1 rings (SSSR count). The van der Waals surface area contributed by atoms with Gasteiger partial charge in [0.2, 0.25) is 0 Å². The van der Waals surface area contributed by atoms with Gasteiger partial charge in [-0.3, -0.25) is 4.79 Å². The zero-order chi connectivity index (χ0) is 12.5. The summed E-state index contributed by atoms with van der Waals surface area (Å²) in [7, 11) is 0. The lowest BCUT2D eigenvalue weighted by molar-refractivity contribution is -0.275. The van der Waals surface area contributed by atoms with E-state index in [9.17, 15) is 18.0 Å². The second-order valence-corrected chi connectivity index (χ2v) is 3.99. The van der Waals surface area contributed by atoms with Crippen LogP contribution >= 0.6 is 39.1 Å². The molecular formula is C7HBrCl2F3NO2. The molecule has 16 heavy (non-hydrogen) atoms. The number of halogens is 6. The van der Waals surface area contributed by atoms with E-state index in [4.69, 9.17) is 23.2 Å². The van der Waals surface area contributed by atoms with Crippen molar-refractivity contribution in [1.82, 2.24) is 4.98 Å². The Hall–Kier alpha value is -0.530. The smallest absolute Gasteiger partial charge is 0.401 e. The molecule has 0 amide bonds. The van der Waals surface area contributed by atoms with E-state index in [1.807, 2.05) is 0 Å². The van der Waals surface area contributed by atoms with E-state index in [0.29, 0.717) is 0 Å². The Morgan fingerprint density at radius 3 is 2.44 bits per heavy atom. The van der Waals surface area contributed by atoms with Crippen LogP contribution in [-0.2, 0) is 0 Å². The number of rotatable bonds is 2. The summed E-state index contributed by atoms with van der Waals surface area (Å²) in [4.78, 5) is 14.1. The van der Waals surface area contributed by atoms with Crippen molar-refractivity contribution in [3.8, 4) is 5.75 Å². The third-order valence-corrected chi connectivity index (χ3v) is 2.34. The molecule has 0 aliphatic rings. The Labute approximate surface area is 106 Å². The standard InChI is InChI=1S/C7HBrCl2F3NO2/c8-2-1-3(6(10)15)14-5(9)4(2)16-7(11,12)13/h1H. The zero-order valence-corrected chi connectivity index (χ0v) is 10.2. The molecule has 0 saturated carbocycles. The zero-order valence-electron chi connectivity index (χ0n) is 7.11. The van der Waals surface area contributed by atoms with Crippen LogP contribution in [0.5, 0.6) is 5.75 Å². The lowest BCUT2D eigenvalue weighted by atomic mass is 10.3. The van der Waals surface area contributed by atoms with Crippen LogP contribution in [0.3, 0.4) is 0 Å². The number of carbonyl (C=O) groups is 1. The van der Waals surface area contributed by atoms with Crippen LogP contribution in [0.25, 0.3) is 0 Å². The molecule has 9 heteroatoms. The summed E-state index contributed by atoms with van der Waals surface area (Å²) in [6.45, 7) is 0. The fourth-order valence-electron chi connectivity index (χ4n) is 0.780. The first-order valence-electron chi connectivity index (χ1n) is 3.52. The molecule has 0 aliphatic carbocycles. The molecule has 88 valence electrons. The first-order valence-corrected chi connectivity index (χ1v) is 5.07. The highest BCUT2D eigenvalue weighted by atomic mass is 79.9. The second kappa shape index (κ2) is 4.77. The number of nitrogens with zero attached hydrogens (tertiary/aromatic N) is 1. The quantitative estimate of drug-likeness (QED) is 0.608. The van der Waals surface area contributed by atoms with Crippen LogP contribution in [0.1, 0.15) is 10.5 Å². The summed E-state index contributed by atoms with van der Waals surface area (Å²) >= 11 is 13.3. The SMILES string of the molecule is O=C(Cl)c1cc(Br)c(OC(F)(F)F)c(Cl)n1. The van der Waals surface area contributed by atoms with Crippen LogP contribution in [0, 0.1) is 0 Å². The molecule has 0 radical (unpaired) electrons. The van der Waals surface area contributed by atoms with Gasteiger partial charge in [0.15, 0.2) is 10.9 Å². The van der Waals surface area contributed by atoms with Crippen molar-refractivity contribution in [2.75, 3.05) is 0 Å². The van der Waals surface area contributed by atoms with Crippen molar-refractivity contribution >= 4 is 44.4 Å². The Morgan fingerprint density at radius 1 is 1.50 bits per heavy atom. The summed E-state index contributed by atoms with van der Waals surface area (Å²) < 4.78 is 39.2. The van der Waals surface area contributed by atoms with Gasteiger partial charge in [-0.15, -0.1) is 13.2 Å². The minimum absolute atomic E-state index is 0.172. The van der Waals surface area contributed by atoms with Crippen molar-refractivity contribution in [3.63, 3.8) is 0 Å². The molecule has 0 saturated heterocycles. The molecule has 0 fully saturated rings. The van der Waals surface area contributed by atoms with E-state index in [0.717, 1.165) is 6.07 Å². The summed E-state index contributed by atoms with van der Waals surface area (Å²) in [5, 5.41) is -1.56. The van der Waals surface area contributed by atoms with Gasteiger partial charge in [0, 0.05) is 0 Å². The number of pyridine rings is 1. The van der Waals surface area contributed by atoms with Crippen LogP contribution in [0.15, 0.2) is 10.5 Å². The van der Waals surface area contributed by atoms with E-state index < -0.39 is 22.5 Å². The first kappa shape index (κ1) is 13.5. The van der Waals surface area contributed by atoms with Gasteiger partial charge in [-0.1, -0.05) is 11.6 Å². The topological polar surface area (TPSA) is 39.2 Å². The second-order valence-electron chi connectivity index (χ2n) is 2.43. The lowest BCUT2D eigenvalue weighted by Gasteiger charge is -2.11. The predicted molar refractivity (Wildman–Crippen MR) is 53.8 cm³/mol. The fraction of sp³-hybridized carbons (Fsp3) is 0.143. The fourth-order valence-corrected chi connectivity index (χ4v) is 1.71. The highest BCUT2D eigenvalue weighted by Crippen LogP contribution is 2.36. The number of alkyl halides is 3. The Balaban J connectivity index is 3.18. The van der Waals surface area contributed by atoms with E-state index >= 15 is 0 Å². The van der Waals surface area contributed by atoms with Gasteiger partial charge in [-0.2, -0.15) is 0 Å². The number of aromatic nitrogens is 1. The maximum atomic E-state index is 11.9. The molecule has 1 heterocycles. The van der Waals surface area contributed by atoms with E-state index in [1.54, 1.807) is 0 Å². The summed E-state index contributed by atoms with van der Waals surface area (Å²) in [5.41, 5.74) is -0.284. The summed E-state index contributed by atoms with van der Waals surface area (Å²) in [6.07, 6.45) is -4.90. The van der Waals surface area contributed by atoms with Crippen LogP contribution in [-0.4, -0.2) is 16.6 Å². The number of ether oxygens (including phenoxy) is 1. The van der Waals surface area contributed by atoms with Gasteiger partial charge < -0.3 is 4.74 Å². The van der Waals surface area contributed by atoms with Crippen molar-refractivity contribution in [2.24, 2.45) is 0 Å². The van der Waals surface area contributed by atoms with Gasteiger partial charge in [0.1, 0.15) is 5.69 Å². The third-order valence-electron chi connectivity index (χ3n) is 1.31. The highest BCUT2D eigenvalue weighted by Gasteiger charge is 2.33. The Morgan fingerprint density at radius 2 is 2.06 bits per heavy atom. The van der Waals surface area contributed by atoms with Crippen LogP contribution in [0.2, 0.25) is 5.15 Å². The van der Waals surface area contributed by atoms with Gasteiger partial charge in [0.05, 0.1) is 4.47 Å². The van der Waals surface area contributed by atoms with Gasteiger partial charge >= 0.3 is 6.36 Å². The van der Waals surface area contributed by atoms with Gasteiger partial charge in [-0.05, 0) is 33.6 Å². The summed E-state index contributed by atoms with van der Waals surface area (Å²) in [6, 6.07) is 0.974. The van der Waals surface area contributed by atoms with Crippen molar-refractivity contribution < 1.29 is 22.7 Å². The Kier molecular flexibility index (Phi) is 4.03. The molecule has 0 atom stereocenters. The lowest BCUT2D eigenvalue weighted by Crippen LogP contribution is -2.18. The van der Waals surface area contributed by atoms with Gasteiger partial charge in [0.25, 0.3) is 5.24 Å². The molecule has 0 unspecified atom stereocenters. The van der Waals surface area contributed by atoms with E-state index in [2.05, 4.69) is 25.7 Å². The maximum absolute atomic E-state index is 11.9. The molecule has 1 aromatic rings. The minimum atomic E-state index is -4.90. The molecule has 3 nitrogen and oxygen atoms in total. The number of hydrogen-bond donors (Lipinski definition) is 0. The van der Waals surface area contributed by atoms with Crippen LogP contribution in [0.4, 0.5) is 13.2 Å². The van der Waals surface area contributed by atoms with Gasteiger partial charge in [-0.25, -0.2) is 4.98 Å². The normalized spacial score (nSPS) is 11.4. The minimum Gasteiger partial charge on any atom is -0.401 e. The predicted octanol–water partition coefficient (Wildman–Crippen LogP) is 3.78. The monoisotopic (exact) mass is 337 g/mol. The molecule has 0 aromatic carbocycles. The van der Waals surface area contributed by atoms with E-state index in [1.165, 1.54) is 0 Å². The molecule has 1 aromatic heterocycles. The number of carbonyl (C=O) groups excluding carboxylic acids is 1. The average Bonchev–Trinajstić information content (AvgIpc) is 2.09. The molecule has 0 N–H and O–H groups in total. The van der Waals surface area contributed by atoms with Crippen LogP contribution < -0.4 is 4.74 Å². The highest BCUT2D eigenvalue weighted by molar-refractivity contribution is 9.10.